The Bertz CT molecular complexity index is 1520. The summed E-state index contributed by atoms with van der Waals surface area (Å²) < 4.78 is 23.1. The van der Waals surface area contributed by atoms with Gasteiger partial charge in [-0.05, 0) is 68.3 Å². The average Bonchev–Trinajstić information content (AvgIpc) is 3.24. The average molecular weight is 539 g/mol. The van der Waals surface area contributed by atoms with Gasteiger partial charge >= 0.3 is 6.03 Å². The number of urea groups is 1. The Balaban J connectivity index is 1.85. The molecule has 4 aromatic rings. The van der Waals surface area contributed by atoms with Crippen LogP contribution in [0.3, 0.4) is 0 Å². The van der Waals surface area contributed by atoms with Gasteiger partial charge in [-0.3, -0.25) is 10.2 Å². The lowest BCUT2D eigenvalue weighted by atomic mass is 9.94. The second kappa shape index (κ2) is 9.72. The van der Waals surface area contributed by atoms with Gasteiger partial charge in [0.15, 0.2) is 11.6 Å². The van der Waals surface area contributed by atoms with Crippen molar-refractivity contribution in [2.24, 2.45) is 0 Å². The molecule has 0 fully saturated rings. The number of imidazole rings is 1. The number of rotatable bonds is 5. The molecule has 1 aliphatic heterocycles. The van der Waals surface area contributed by atoms with E-state index >= 15 is 4.39 Å². The lowest BCUT2D eigenvalue weighted by Crippen LogP contribution is -2.44. The molecule has 1 unspecified atom stereocenters. The Hall–Kier alpha value is -3.55. The highest BCUT2D eigenvalue weighted by atomic mass is 35.5. The number of amides is 2. The Kier molecular flexibility index (Phi) is 6.60. The van der Waals surface area contributed by atoms with Crippen LogP contribution in [-0.2, 0) is 0 Å². The Labute approximate surface area is 224 Å². The maximum Gasteiger partial charge on any atom is 0.328 e. The summed E-state index contributed by atoms with van der Waals surface area (Å²) in [6, 6.07) is 16.3. The minimum Gasteiger partial charge on any atom is -0.496 e. The molecule has 0 spiro atoms. The molecule has 1 aliphatic rings. The van der Waals surface area contributed by atoms with Crippen molar-refractivity contribution >= 4 is 40.7 Å². The molecule has 190 valence electrons. The van der Waals surface area contributed by atoms with E-state index in [1.54, 1.807) is 25.3 Å². The van der Waals surface area contributed by atoms with Crippen molar-refractivity contribution in [3.63, 3.8) is 0 Å². The van der Waals surface area contributed by atoms with Crippen LogP contribution in [0.5, 0.6) is 5.75 Å². The van der Waals surface area contributed by atoms with Gasteiger partial charge in [-0.1, -0.05) is 47.5 Å². The van der Waals surface area contributed by atoms with Gasteiger partial charge in [0.1, 0.15) is 17.6 Å². The van der Waals surface area contributed by atoms with E-state index in [0.717, 1.165) is 16.7 Å². The lowest BCUT2D eigenvalue weighted by molar-refractivity contribution is 0.254. The van der Waals surface area contributed by atoms with Gasteiger partial charge in [0, 0.05) is 11.1 Å². The molecule has 9 heteroatoms. The number of halogens is 3. The fourth-order valence-electron chi connectivity index (χ4n) is 4.90. The van der Waals surface area contributed by atoms with Gasteiger partial charge in [0.25, 0.3) is 0 Å². The van der Waals surface area contributed by atoms with Crippen LogP contribution >= 0.6 is 23.2 Å². The SMILES string of the molecule is COc1ccccc1-c1nc2c(n1C(C)C)C(c1ccc(Cl)cc1C)N(c1cccc(Cl)c1F)C(=O)N2. The summed E-state index contributed by atoms with van der Waals surface area (Å²) in [7, 11) is 1.60. The third-order valence-corrected chi connectivity index (χ3v) is 7.02. The number of benzene rings is 3. The number of aryl methyl sites for hydroxylation is 1. The van der Waals surface area contributed by atoms with Crippen LogP contribution in [0.4, 0.5) is 20.7 Å². The lowest BCUT2D eigenvalue weighted by Gasteiger charge is -2.38. The summed E-state index contributed by atoms with van der Waals surface area (Å²) in [6.45, 7) is 5.98. The number of hydrogen-bond donors (Lipinski definition) is 1. The normalized spacial score (nSPS) is 15.1. The predicted molar refractivity (Wildman–Crippen MR) is 146 cm³/mol. The topological polar surface area (TPSA) is 59.4 Å². The standard InChI is InChI=1S/C28H25Cl2FN4O2/c1-15(2)34-25-24(18-13-12-17(29)14-16(18)3)35(21-10-7-9-20(30)23(21)31)28(36)33-26(25)32-27(34)19-8-5-6-11-22(19)37-4/h5-15,24H,1-4H3,(H,33,36). The van der Waals surface area contributed by atoms with Crippen LogP contribution in [0.15, 0.2) is 60.7 Å². The summed E-state index contributed by atoms with van der Waals surface area (Å²) in [5.41, 5.74) is 3.18. The minimum atomic E-state index is -0.715. The van der Waals surface area contributed by atoms with Crippen LogP contribution in [-0.4, -0.2) is 22.7 Å². The van der Waals surface area contributed by atoms with E-state index in [1.807, 2.05) is 57.2 Å². The van der Waals surface area contributed by atoms with Crippen molar-refractivity contribution in [2.45, 2.75) is 32.9 Å². The van der Waals surface area contributed by atoms with E-state index in [-0.39, 0.29) is 16.8 Å². The molecule has 6 nitrogen and oxygen atoms in total. The zero-order valence-corrected chi connectivity index (χ0v) is 22.2. The molecule has 1 atom stereocenters. The van der Waals surface area contributed by atoms with E-state index in [4.69, 9.17) is 32.9 Å². The van der Waals surface area contributed by atoms with Crippen molar-refractivity contribution in [2.75, 3.05) is 17.3 Å². The molecule has 2 amide bonds. The molecule has 37 heavy (non-hydrogen) atoms. The number of fused-ring (bicyclic) bond motifs is 1. The number of carbonyl (C=O) groups excluding carboxylic acids is 1. The summed E-state index contributed by atoms with van der Waals surface area (Å²) in [4.78, 5) is 19.9. The molecule has 0 saturated carbocycles. The molecule has 0 radical (unpaired) electrons. The van der Waals surface area contributed by atoms with Gasteiger partial charge in [-0.2, -0.15) is 0 Å². The third kappa shape index (κ3) is 4.22. The molecule has 0 saturated heterocycles. The van der Waals surface area contributed by atoms with Crippen molar-refractivity contribution in [1.29, 1.82) is 0 Å². The van der Waals surface area contributed by atoms with Crippen LogP contribution in [0.25, 0.3) is 11.4 Å². The first kappa shape index (κ1) is 25.1. The van der Waals surface area contributed by atoms with E-state index in [0.29, 0.717) is 28.1 Å². The summed E-state index contributed by atoms with van der Waals surface area (Å²) in [5, 5.41) is 3.38. The van der Waals surface area contributed by atoms with Gasteiger partial charge in [-0.25, -0.2) is 14.2 Å². The highest BCUT2D eigenvalue weighted by Crippen LogP contribution is 2.46. The molecule has 2 heterocycles. The Morgan fingerprint density at radius 2 is 1.84 bits per heavy atom. The highest BCUT2D eigenvalue weighted by molar-refractivity contribution is 6.31. The summed E-state index contributed by atoms with van der Waals surface area (Å²) in [5.74, 6) is 0.996. The van der Waals surface area contributed by atoms with Gasteiger partial charge in [0.05, 0.1) is 29.1 Å². The number of carbonyl (C=O) groups is 1. The molecular formula is C28H25Cl2FN4O2. The van der Waals surface area contributed by atoms with Crippen LogP contribution in [0, 0.1) is 12.7 Å². The van der Waals surface area contributed by atoms with E-state index < -0.39 is 17.9 Å². The second-order valence-electron chi connectivity index (χ2n) is 9.11. The number of aromatic nitrogens is 2. The quantitative estimate of drug-likeness (QED) is 0.279. The number of methoxy groups -OCH3 is 1. The van der Waals surface area contributed by atoms with Crippen molar-refractivity contribution in [1.82, 2.24) is 9.55 Å². The number of nitrogens with one attached hydrogen (secondary N) is 1. The molecule has 3 aromatic carbocycles. The van der Waals surface area contributed by atoms with Crippen molar-refractivity contribution in [3.8, 4) is 17.1 Å². The monoisotopic (exact) mass is 538 g/mol. The van der Waals surface area contributed by atoms with Gasteiger partial charge in [0.2, 0.25) is 0 Å². The Morgan fingerprint density at radius 1 is 1.08 bits per heavy atom. The Morgan fingerprint density at radius 3 is 2.54 bits per heavy atom. The van der Waals surface area contributed by atoms with Gasteiger partial charge in [-0.15, -0.1) is 0 Å². The second-order valence-corrected chi connectivity index (χ2v) is 9.95. The number of ether oxygens (including phenoxy) is 1. The summed E-state index contributed by atoms with van der Waals surface area (Å²) >= 11 is 12.4. The smallest absolute Gasteiger partial charge is 0.328 e. The van der Waals surface area contributed by atoms with E-state index in [9.17, 15) is 4.79 Å². The van der Waals surface area contributed by atoms with E-state index in [1.165, 1.54) is 11.0 Å². The molecule has 1 aromatic heterocycles. The zero-order chi connectivity index (χ0) is 26.4. The number of para-hydroxylation sites is 1. The van der Waals surface area contributed by atoms with Crippen LogP contribution in [0.1, 0.15) is 42.8 Å². The number of hydrogen-bond acceptors (Lipinski definition) is 3. The molecule has 0 bridgehead atoms. The number of nitrogens with zero attached hydrogens (tertiary/aromatic N) is 3. The molecule has 1 N–H and O–H groups in total. The van der Waals surface area contributed by atoms with Crippen LogP contribution in [0.2, 0.25) is 10.0 Å². The van der Waals surface area contributed by atoms with E-state index in [2.05, 4.69) is 9.88 Å². The fourth-order valence-corrected chi connectivity index (χ4v) is 5.30. The minimum absolute atomic E-state index is 0.0605. The van der Waals surface area contributed by atoms with Crippen molar-refractivity contribution in [3.05, 3.63) is 93.3 Å². The molecular weight excluding hydrogens is 514 g/mol. The zero-order valence-electron chi connectivity index (χ0n) is 20.7. The highest BCUT2D eigenvalue weighted by Gasteiger charge is 2.42. The first-order valence-electron chi connectivity index (χ1n) is 11.8. The first-order valence-corrected chi connectivity index (χ1v) is 12.5. The first-order chi connectivity index (χ1) is 17.7. The van der Waals surface area contributed by atoms with Gasteiger partial charge < -0.3 is 9.30 Å². The molecule has 0 aliphatic carbocycles. The number of anilines is 2. The third-order valence-electron chi connectivity index (χ3n) is 6.49. The fraction of sp³-hybridized carbons (Fsp3) is 0.214. The largest absolute Gasteiger partial charge is 0.496 e. The molecule has 5 rings (SSSR count). The van der Waals surface area contributed by atoms with Crippen molar-refractivity contribution < 1.29 is 13.9 Å². The maximum absolute atomic E-state index is 15.4. The van der Waals surface area contributed by atoms with Crippen LogP contribution < -0.4 is 15.0 Å². The summed E-state index contributed by atoms with van der Waals surface area (Å²) in [6.07, 6.45) is 0. The maximum atomic E-state index is 15.4. The predicted octanol–water partition coefficient (Wildman–Crippen LogP) is 8.04.